The number of carbonyl (C=O) groups is 3. The fraction of sp³-hybridized carbons (Fsp3) is 0.588. The van der Waals surface area contributed by atoms with Gasteiger partial charge < -0.3 is 18.9 Å². The van der Waals surface area contributed by atoms with Crippen LogP contribution >= 0.6 is 0 Å². The summed E-state index contributed by atoms with van der Waals surface area (Å²) in [5, 5.41) is 0. The lowest BCUT2D eigenvalue weighted by Gasteiger charge is -2.28. The molecule has 7 heteroatoms. The molecule has 0 spiro atoms. The fourth-order valence-corrected chi connectivity index (χ4v) is 2.69. The number of fused-ring (bicyclic) bond motifs is 1. The smallest absolute Gasteiger partial charge is 0.333 e. The highest BCUT2D eigenvalue weighted by Crippen LogP contribution is 2.41. The van der Waals surface area contributed by atoms with Crippen molar-refractivity contribution in [1.82, 2.24) is 0 Å². The molecule has 24 heavy (non-hydrogen) atoms. The molecule has 4 atom stereocenters. The predicted octanol–water partition coefficient (Wildman–Crippen LogP) is 1.31. The second-order valence-corrected chi connectivity index (χ2v) is 6.00. The van der Waals surface area contributed by atoms with E-state index in [1.54, 1.807) is 6.92 Å². The fourth-order valence-electron chi connectivity index (χ4n) is 2.69. The third-order valence-corrected chi connectivity index (χ3v) is 4.12. The molecule has 132 valence electrons. The van der Waals surface area contributed by atoms with Crippen LogP contribution in [-0.4, -0.2) is 49.9 Å². The van der Waals surface area contributed by atoms with E-state index in [2.05, 4.69) is 11.3 Å². The van der Waals surface area contributed by atoms with Gasteiger partial charge in [-0.1, -0.05) is 6.58 Å². The van der Waals surface area contributed by atoms with E-state index in [0.29, 0.717) is 6.10 Å². The van der Waals surface area contributed by atoms with Crippen molar-refractivity contribution in [2.24, 2.45) is 5.92 Å². The molecule has 0 aromatic heterocycles. The van der Waals surface area contributed by atoms with Crippen molar-refractivity contribution in [3.05, 3.63) is 24.3 Å². The normalized spacial score (nSPS) is 26.2. The molecule has 1 heterocycles. The van der Waals surface area contributed by atoms with Gasteiger partial charge in [-0.25, -0.2) is 14.4 Å². The summed E-state index contributed by atoms with van der Waals surface area (Å²) in [7, 11) is 1.21. The largest absolute Gasteiger partial charge is 0.466 e. The number of rotatable bonds is 7. The Bertz CT molecular complexity index is 551. The Morgan fingerprint density at radius 3 is 2.54 bits per heavy atom. The second-order valence-electron chi connectivity index (χ2n) is 6.00. The lowest BCUT2D eigenvalue weighted by Crippen LogP contribution is -2.35. The van der Waals surface area contributed by atoms with E-state index in [4.69, 9.17) is 14.2 Å². The highest BCUT2D eigenvalue weighted by molar-refractivity contribution is 5.91. The topological polar surface area (TPSA) is 91.4 Å². The number of carbonyl (C=O) groups excluding carboxylic acids is 3. The molecule has 0 bridgehead atoms. The summed E-state index contributed by atoms with van der Waals surface area (Å²) in [6, 6.07) is 0. The van der Waals surface area contributed by atoms with Gasteiger partial charge in [-0.05, 0) is 26.2 Å². The van der Waals surface area contributed by atoms with Crippen LogP contribution in [0.3, 0.4) is 0 Å². The van der Waals surface area contributed by atoms with Gasteiger partial charge in [0.1, 0.15) is 12.7 Å². The lowest BCUT2D eigenvalue weighted by molar-refractivity contribution is -0.157. The standard InChI is InChI=1S/C17H22O7/c1-10(2)17(20)24-14(11-4-5-12-13(8-11)23-12)9-22-16(19)7-6-15(18)21-3/h6-7,11-14H,1,4-5,8-9H2,2-3H3/b7-6-. The molecule has 4 unspecified atom stereocenters. The van der Waals surface area contributed by atoms with Crippen LogP contribution < -0.4 is 0 Å². The van der Waals surface area contributed by atoms with E-state index in [0.717, 1.165) is 31.4 Å². The van der Waals surface area contributed by atoms with E-state index < -0.39 is 24.0 Å². The van der Waals surface area contributed by atoms with Gasteiger partial charge in [-0.2, -0.15) is 0 Å². The van der Waals surface area contributed by atoms with E-state index in [9.17, 15) is 14.4 Å². The molecule has 0 radical (unpaired) electrons. The first-order valence-electron chi connectivity index (χ1n) is 7.85. The zero-order chi connectivity index (χ0) is 17.7. The van der Waals surface area contributed by atoms with Crippen LogP contribution in [0.2, 0.25) is 0 Å². The lowest BCUT2D eigenvalue weighted by atomic mass is 9.85. The van der Waals surface area contributed by atoms with Crippen LogP contribution in [0.4, 0.5) is 0 Å². The van der Waals surface area contributed by atoms with E-state index in [1.165, 1.54) is 7.11 Å². The molecular formula is C17H22O7. The molecule has 1 aliphatic heterocycles. The highest BCUT2D eigenvalue weighted by atomic mass is 16.6. The van der Waals surface area contributed by atoms with Crippen LogP contribution in [0.15, 0.2) is 24.3 Å². The van der Waals surface area contributed by atoms with Gasteiger partial charge >= 0.3 is 17.9 Å². The zero-order valence-electron chi connectivity index (χ0n) is 13.9. The predicted molar refractivity (Wildman–Crippen MR) is 82.8 cm³/mol. The van der Waals surface area contributed by atoms with Crippen LogP contribution in [0.5, 0.6) is 0 Å². The molecule has 1 saturated carbocycles. The summed E-state index contributed by atoms with van der Waals surface area (Å²) in [5.74, 6) is -1.80. The molecular weight excluding hydrogens is 316 g/mol. The molecule has 1 aliphatic carbocycles. The van der Waals surface area contributed by atoms with Crippen molar-refractivity contribution in [2.75, 3.05) is 13.7 Å². The van der Waals surface area contributed by atoms with Gasteiger partial charge in [-0.3, -0.25) is 0 Å². The highest BCUT2D eigenvalue weighted by Gasteiger charge is 2.46. The maximum Gasteiger partial charge on any atom is 0.333 e. The number of hydrogen-bond donors (Lipinski definition) is 0. The van der Waals surface area contributed by atoms with Crippen molar-refractivity contribution in [3.63, 3.8) is 0 Å². The van der Waals surface area contributed by atoms with Gasteiger partial charge in [0.15, 0.2) is 0 Å². The second kappa shape index (κ2) is 8.10. The first-order chi connectivity index (χ1) is 11.4. The quantitative estimate of drug-likeness (QED) is 0.299. The van der Waals surface area contributed by atoms with Crippen molar-refractivity contribution in [3.8, 4) is 0 Å². The monoisotopic (exact) mass is 338 g/mol. The van der Waals surface area contributed by atoms with E-state index >= 15 is 0 Å². The number of esters is 3. The minimum absolute atomic E-state index is 0.0643. The Morgan fingerprint density at radius 1 is 1.21 bits per heavy atom. The average molecular weight is 338 g/mol. The Kier molecular flexibility index (Phi) is 6.14. The number of epoxide rings is 1. The summed E-state index contributed by atoms with van der Waals surface area (Å²) in [6.45, 7) is 5.04. The molecule has 2 fully saturated rings. The minimum atomic E-state index is -0.701. The molecule has 1 saturated heterocycles. The van der Waals surface area contributed by atoms with Crippen molar-refractivity contribution >= 4 is 17.9 Å². The third-order valence-electron chi connectivity index (χ3n) is 4.12. The maximum absolute atomic E-state index is 11.8. The minimum Gasteiger partial charge on any atom is -0.466 e. The van der Waals surface area contributed by atoms with Crippen LogP contribution in [0.25, 0.3) is 0 Å². The van der Waals surface area contributed by atoms with Gasteiger partial charge in [0.2, 0.25) is 0 Å². The van der Waals surface area contributed by atoms with E-state index in [-0.39, 0.29) is 24.2 Å². The van der Waals surface area contributed by atoms with Crippen molar-refractivity contribution < 1.29 is 33.3 Å². The number of methoxy groups -OCH3 is 1. The molecule has 0 aromatic rings. The van der Waals surface area contributed by atoms with Gasteiger partial charge in [0.05, 0.1) is 19.3 Å². The molecule has 7 nitrogen and oxygen atoms in total. The van der Waals surface area contributed by atoms with E-state index in [1.807, 2.05) is 0 Å². The Labute approximate surface area is 140 Å². The van der Waals surface area contributed by atoms with Crippen molar-refractivity contribution in [2.45, 2.75) is 44.5 Å². The van der Waals surface area contributed by atoms with Crippen LogP contribution in [0.1, 0.15) is 26.2 Å². The number of hydrogen-bond acceptors (Lipinski definition) is 7. The molecule has 2 aliphatic rings. The molecule has 0 N–H and O–H groups in total. The summed E-state index contributed by atoms with van der Waals surface area (Å²) in [4.78, 5) is 34.4. The summed E-state index contributed by atoms with van der Waals surface area (Å²) in [5.41, 5.74) is 0.285. The summed E-state index contributed by atoms with van der Waals surface area (Å²) >= 11 is 0. The van der Waals surface area contributed by atoms with Crippen molar-refractivity contribution in [1.29, 1.82) is 0 Å². The first-order valence-corrected chi connectivity index (χ1v) is 7.85. The Balaban J connectivity index is 1.90. The Hall–Kier alpha value is -2.15. The molecule has 0 aromatic carbocycles. The van der Waals surface area contributed by atoms with Gasteiger partial charge in [0, 0.05) is 23.6 Å². The average Bonchev–Trinajstić information content (AvgIpc) is 3.34. The Morgan fingerprint density at radius 2 is 1.92 bits per heavy atom. The first kappa shape index (κ1) is 18.2. The summed E-state index contributed by atoms with van der Waals surface area (Å²) < 4.78 is 20.4. The molecule has 2 rings (SSSR count). The van der Waals surface area contributed by atoms with Gasteiger partial charge in [0.25, 0.3) is 0 Å². The van der Waals surface area contributed by atoms with Crippen LogP contribution in [-0.2, 0) is 33.3 Å². The van der Waals surface area contributed by atoms with Crippen LogP contribution in [0, 0.1) is 5.92 Å². The SMILES string of the molecule is C=C(C)C(=O)OC(COC(=O)/C=C\C(=O)OC)C1CCC2OC2C1. The summed E-state index contributed by atoms with van der Waals surface area (Å²) in [6.07, 6.45) is 4.44. The third kappa shape index (κ3) is 5.19. The molecule has 0 amide bonds. The van der Waals surface area contributed by atoms with Gasteiger partial charge in [-0.15, -0.1) is 0 Å². The zero-order valence-corrected chi connectivity index (χ0v) is 13.9. The maximum atomic E-state index is 11.8. The number of ether oxygens (including phenoxy) is 4.